The fraction of sp³-hybridized carbons (Fsp3) is 0.200. The zero-order valence-corrected chi connectivity index (χ0v) is 8.40. The molecule has 0 heterocycles. The Labute approximate surface area is 86.7 Å². The molecule has 0 saturated carbocycles. The minimum Gasteiger partial charge on any atom is -0.507 e. The van der Waals surface area contributed by atoms with Crippen LogP contribution in [0.1, 0.15) is 17.3 Å². The molecule has 1 aromatic carbocycles. The summed E-state index contributed by atoms with van der Waals surface area (Å²) in [6, 6.07) is 4.16. The Kier molecular flexibility index (Phi) is 3.28. The number of ether oxygens (including phenoxy) is 1. The Hall–Kier alpha value is -2.04. The highest BCUT2D eigenvalue weighted by Gasteiger charge is 2.12. The van der Waals surface area contributed by atoms with Crippen LogP contribution in [-0.2, 0) is 9.53 Å². The highest BCUT2D eigenvalue weighted by atomic mass is 16.5. The molecule has 15 heavy (non-hydrogen) atoms. The third kappa shape index (κ3) is 2.70. The normalized spacial score (nSPS) is 9.47. The van der Waals surface area contributed by atoms with Gasteiger partial charge in [0.15, 0.2) is 0 Å². The topological polar surface area (TPSA) is 75.6 Å². The molecule has 5 heteroatoms. The summed E-state index contributed by atoms with van der Waals surface area (Å²) in [5, 5.41) is 11.9. The van der Waals surface area contributed by atoms with E-state index in [2.05, 4.69) is 10.1 Å². The number of aromatic hydroxyl groups is 1. The van der Waals surface area contributed by atoms with Gasteiger partial charge < -0.3 is 15.2 Å². The van der Waals surface area contributed by atoms with E-state index in [-0.39, 0.29) is 17.2 Å². The third-order valence-corrected chi connectivity index (χ3v) is 1.72. The Morgan fingerprint density at radius 1 is 1.40 bits per heavy atom. The van der Waals surface area contributed by atoms with Crippen molar-refractivity contribution in [2.45, 2.75) is 6.92 Å². The minimum atomic E-state index is -0.653. The van der Waals surface area contributed by atoms with Crippen LogP contribution in [-0.4, -0.2) is 24.1 Å². The molecule has 1 rings (SSSR count). The number of benzene rings is 1. The van der Waals surface area contributed by atoms with Crippen molar-refractivity contribution < 1.29 is 19.4 Å². The van der Waals surface area contributed by atoms with Crippen LogP contribution in [0.15, 0.2) is 18.2 Å². The summed E-state index contributed by atoms with van der Waals surface area (Å²) >= 11 is 0. The lowest BCUT2D eigenvalue weighted by atomic mass is 10.2. The predicted octanol–water partition coefficient (Wildman–Crippen LogP) is 1.14. The highest BCUT2D eigenvalue weighted by Crippen LogP contribution is 2.22. The van der Waals surface area contributed by atoms with Crippen LogP contribution < -0.4 is 5.32 Å². The van der Waals surface area contributed by atoms with E-state index in [1.165, 1.54) is 32.2 Å². The molecular weight excluding hydrogens is 198 g/mol. The zero-order chi connectivity index (χ0) is 11.4. The second-order valence-electron chi connectivity index (χ2n) is 2.90. The maximum Gasteiger partial charge on any atom is 0.341 e. The van der Waals surface area contributed by atoms with Gasteiger partial charge in [-0.3, -0.25) is 4.79 Å². The van der Waals surface area contributed by atoms with Crippen molar-refractivity contribution in [2.24, 2.45) is 0 Å². The minimum absolute atomic E-state index is 0.0174. The predicted molar refractivity (Wildman–Crippen MR) is 53.8 cm³/mol. The molecule has 0 atom stereocenters. The first kappa shape index (κ1) is 11.0. The summed E-state index contributed by atoms with van der Waals surface area (Å²) in [5.74, 6) is -1.09. The highest BCUT2D eigenvalue weighted by molar-refractivity contribution is 5.95. The standard InChI is InChI=1S/C10H11NO4/c1-6(12)11-7-3-4-9(13)8(5-7)10(14)15-2/h3-5,13H,1-2H3,(H,11,12). The van der Waals surface area contributed by atoms with Crippen LogP contribution in [0.2, 0.25) is 0 Å². The van der Waals surface area contributed by atoms with Crippen molar-refractivity contribution in [3.8, 4) is 5.75 Å². The van der Waals surface area contributed by atoms with Gasteiger partial charge in [0.05, 0.1) is 7.11 Å². The molecule has 1 aromatic rings. The molecule has 0 radical (unpaired) electrons. The molecule has 0 spiro atoms. The van der Waals surface area contributed by atoms with E-state index >= 15 is 0 Å². The summed E-state index contributed by atoms with van der Waals surface area (Å²) in [7, 11) is 1.22. The number of hydrogen-bond acceptors (Lipinski definition) is 4. The zero-order valence-electron chi connectivity index (χ0n) is 8.40. The number of phenols is 1. The van der Waals surface area contributed by atoms with E-state index in [0.717, 1.165) is 0 Å². The molecule has 0 unspecified atom stereocenters. The van der Waals surface area contributed by atoms with Crippen molar-refractivity contribution in [3.63, 3.8) is 0 Å². The van der Waals surface area contributed by atoms with Gasteiger partial charge in [-0.05, 0) is 18.2 Å². The van der Waals surface area contributed by atoms with Crippen LogP contribution >= 0.6 is 0 Å². The molecule has 2 N–H and O–H groups in total. The van der Waals surface area contributed by atoms with E-state index in [9.17, 15) is 14.7 Å². The fourth-order valence-corrected chi connectivity index (χ4v) is 1.09. The Bertz CT molecular complexity index is 400. The first-order chi connectivity index (χ1) is 7.04. The van der Waals surface area contributed by atoms with Crippen molar-refractivity contribution in [1.29, 1.82) is 0 Å². The Balaban J connectivity index is 3.05. The summed E-state index contributed by atoms with van der Waals surface area (Å²) < 4.78 is 4.47. The molecule has 0 bridgehead atoms. The quantitative estimate of drug-likeness (QED) is 0.565. The third-order valence-electron chi connectivity index (χ3n) is 1.72. The maximum atomic E-state index is 11.2. The summed E-state index contributed by atoms with van der Waals surface area (Å²) in [6.07, 6.45) is 0. The van der Waals surface area contributed by atoms with Gasteiger partial charge in [-0.15, -0.1) is 0 Å². The molecule has 0 saturated heterocycles. The van der Waals surface area contributed by atoms with E-state index in [1.54, 1.807) is 0 Å². The number of carbonyl (C=O) groups excluding carboxylic acids is 2. The largest absolute Gasteiger partial charge is 0.507 e. The van der Waals surface area contributed by atoms with Gasteiger partial charge in [0.2, 0.25) is 5.91 Å². The van der Waals surface area contributed by atoms with Gasteiger partial charge in [-0.1, -0.05) is 0 Å². The molecule has 1 amide bonds. The molecule has 0 aliphatic carbocycles. The maximum absolute atomic E-state index is 11.2. The van der Waals surface area contributed by atoms with Crippen LogP contribution in [0.5, 0.6) is 5.75 Å². The lowest BCUT2D eigenvalue weighted by Crippen LogP contribution is -2.08. The van der Waals surface area contributed by atoms with E-state index in [1.807, 2.05) is 0 Å². The number of esters is 1. The number of hydrogen-bond donors (Lipinski definition) is 2. The average Bonchev–Trinajstić information content (AvgIpc) is 2.19. The Morgan fingerprint density at radius 3 is 2.60 bits per heavy atom. The van der Waals surface area contributed by atoms with Crippen LogP contribution in [0.3, 0.4) is 0 Å². The SMILES string of the molecule is COC(=O)c1cc(NC(C)=O)ccc1O. The lowest BCUT2D eigenvalue weighted by Gasteiger charge is -2.06. The smallest absolute Gasteiger partial charge is 0.341 e. The second kappa shape index (κ2) is 4.45. The van der Waals surface area contributed by atoms with Gasteiger partial charge >= 0.3 is 5.97 Å². The molecular formula is C10H11NO4. The lowest BCUT2D eigenvalue weighted by molar-refractivity contribution is -0.114. The Morgan fingerprint density at radius 2 is 2.07 bits per heavy atom. The van der Waals surface area contributed by atoms with Gasteiger partial charge in [0, 0.05) is 12.6 Å². The number of rotatable bonds is 2. The molecule has 0 aliphatic heterocycles. The van der Waals surface area contributed by atoms with E-state index in [0.29, 0.717) is 5.69 Å². The molecule has 0 fully saturated rings. The van der Waals surface area contributed by atoms with Crippen molar-refractivity contribution in [3.05, 3.63) is 23.8 Å². The summed E-state index contributed by atoms with van der Waals surface area (Å²) in [5.41, 5.74) is 0.449. The van der Waals surface area contributed by atoms with Gasteiger partial charge in [-0.25, -0.2) is 4.79 Å². The second-order valence-corrected chi connectivity index (χ2v) is 2.90. The molecule has 5 nitrogen and oxygen atoms in total. The number of phenolic OH excluding ortho intramolecular Hbond substituents is 1. The van der Waals surface area contributed by atoms with Gasteiger partial charge in [0.1, 0.15) is 11.3 Å². The van der Waals surface area contributed by atoms with Gasteiger partial charge in [0.25, 0.3) is 0 Å². The first-order valence-electron chi connectivity index (χ1n) is 4.23. The van der Waals surface area contributed by atoms with Crippen molar-refractivity contribution >= 4 is 17.6 Å². The fourth-order valence-electron chi connectivity index (χ4n) is 1.09. The molecule has 0 aliphatic rings. The van der Waals surface area contributed by atoms with Crippen LogP contribution in [0, 0.1) is 0 Å². The van der Waals surface area contributed by atoms with Crippen LogP contribution in [0.25, 0.3) is 0 Å². The number of anilines is 1. The summed E-state index contributed by atoms with van der Waals surface area (Å²) in [6.45, 7) is 1.35. The molecule has 80 valence electrons. The average molecular weight is 209 g/mol. The monoisotopic (exact) mass is 209 g/mol. The van der Waals surface area contributed by atoms with Gasteiger partial charge in [-0.2, -0.15) is 0 Å². The number of methoxy groups -OCH3 is 1. The van der Waals surface area contributed by atoms with E-state index in [4.69, 9.17) is 0 Å². The van der Waals surface area contributed by atoms with Crippen LogP contribution in [0.4, 0.5) is 5.69 Å². The number of nitrogens with one attached hydrogen (secondary N) is 1. The first-order valence-corrected chi connectivity index (χ1v) is 4.23. The number of carbonyl (C=O) groups is 2. The molecule has 0 aromatic heterocycles. The van der Waals surface area contributed by atoms with Crippen molar-refractivity contribution in [2.75, 3.05) is 12.4 Å². The van der Waals surface area contributed by atoms with Crippen molar-refractivity contribution in [1.82, 2.24) is 0 Å². The number of amides is 1. The summed E-state index contributed by atoms with van der Waals surface area (Å²) in [4.78, 5) is 21.9. The van der Waals surface area contributed by atoms with E-state index < -0.39 is 5.97 Å².